The van der Waals surface area contributed by atoms with Crippen LogP contribution in [0.15, 0.2) is 48.8 Å². The molecule has 0 bridgehead atoms. The van der Waals surface area contributed by atoms with Crippen LogP contribution >= 0.6 is 0 Å². The molecule has 0 N–H and O–H groups in total. The fourth-order valence-corrected chi connectivity index (χ4v) is 3.22. The van der Waals surface area contributed by atoms with Gasteiger partial charge < -0.3 is 0 Å². The molecule has 0 spiro atoms. The Bertz CT molecular complexity index is 1090. The minimum atomic E-state index is 0.0353. The van der Waals surface area contributed by atoms with Crippen LogP contribution in [0, 0.1) is 6.92 Å². The maximum atomic E-state index is 4.74. The third kappa shape index (κ3) is 2.74. The smallest absolute Gasteiger partial charge is 0.198 e. The van der Waals surface area contributed by atoms with Crippen LogP contribution in [0.1, 0.15) is 32.0 Å². The number of hydrogen-bond donors (Lipinski definition) is 0. The van der Waals surface area contributed by atoms with Crippen LogP contribution in [0.3, 0.4) is 0 Å². The Morgan fingerprint density at radius 1 is 0.840 bits per heavy atom. The van der Waals surface area contributed by atoms with E-state index in [0.29, 0.717) is 11.3 Å². The Kier molecular flexibility index (Phi) is 3.49. The molecule has 124 valence electrons. The van der Waals surface area contributed by atoms with Crippen molar-refractivity contribution in [3.05, 3.63) is 60.0 Å². The lowest BCUT2D eigenvalue weighted by molar-refractivity contribution is 0.596. The summed E-state index contributed by atoms with van der Waals surface area (Å²) in [6, 6.07) is 12.9. The number of aromatic nitrogens is 4. The molecular formula is C21H20N4. The lowest BCUT2D eigenvalue weighted by Crippen LogP contribution is -2.12. The first kappa shape index (κ1) is 15.6. The van der Waals surface area contributed by atoms with Gasteiger partial charge in [0.15, 0.2) is 11.3 Å². The van der Waals surface area contributed by atoms with Gasteiger partial charge in [0.1, 0.15) is 0 Å². The minimum absolute atomic E-state index is 0.0353. The normalized spacial score (nSPS) is 12.0. The van der Waals surface area contributed by atoms with Crippen molar-refractivity contribution in [2.45, 2.75) is 33.1 Å². The minimum Gasteiger partial charge on any atom is -0.232 e. The molecule has 0 atom stereocenters. The molecule has 4 heteroatoms. The Morgan fingerprint density at radius 3 is 2.24 bits per heavy atom. The van der Waals surface area contributed by atoms with E-state index in [4.69, 9.17) is 4.98 Å². The van der Waals surface area contributed by atoms with Crippen LogP contribution in [-0.4, -0.2) is 19.9 Å². The second-order valence-corrected chi connectivity index (χ2v) is 7.36. The lowest BCUT2D eigenvalue weighted by Gasteiger charge is -2.23. The monoisotopic (exact) mass is 328 g/mol. The van der Waals surface area contributed by atoms with Gasteiger partial charge in [-0.2, -0.15) is 0 Å². The topological polar surface area (TPSA) is 51.6 Å². The van der Waals surface area contributed by atoms with Gasteiger partial charge in [0, 0.05) is 18.0 Å². The van der Waals surface area contributed by atoms with Crippen molar-refractivity contribution in [1.82, 2.24) is 19.9 Å². The fraction of sp³-hybridized carbons (Fsp3) is 0.238. The molecule has 0 aliphatic heterocycles. The Hall–Kier alpha value is -2.88. The molecule has 0 amide bonds. The highest BCUT2D eigenvalue weighted by Gasteiger charge is 2.19. The highest BCUT2D eigenvalue weighted by Crippen LogP contribution is 2.35. The summed E-state index contributed by atoms with van der Waals surface area (Å²) in [6.45, 7) is 8.69. The van der Waals surface area contributed by atoms with Gasteiger partial charge >= 0.3 is 0 Å². The van der Waals surface area contributed by atoms with E-state index in [1.54, 1.807) is 12.4 Å². The molecule has 2 aromatic carbocycles. The van der Waals surface area contributed by atoms with Crippen molar-refractivity contribution >= 4 is 22.1 Å². The van der Waals surface area contributed by atoms with Gasteiger partial charge in [-0.1, -0.05) is 45.0 Å². The van der Waals surface area contributed by atoms with E-state index in [9.17, 15) is 0 Å². The first-order valence-electron chi connectivity index (χ1n) is 8.42. The van der Waals surface area contributed by atoms with E-state index in [0.717, 1.165) is 17.0 Å². The molecule has 25 heavy (non-hydrogen) atoms. The maximum absolute atomic E-state index is 4.74. The van der Waals surface area contributed by atoms with Gasteiger partial charge in [0.2, 0.25) is 0 Å². The van der Waals surface area contributed by atoms with Crippen molar-refractivity contribution in [3.8, 4) is 11.3 Å². The first-order valence-corrected chi connectivity index (χ1v) is 8.42. The molecule has 0 saturated heterocycles. The number of fused-ring (bicyclic) bond motifs is 2. The summed E-state index contributed by atoms with van der Waals surface area (Å²) in [5.41, 5.74) is 5.30. The van der Waals surface area contributed by atoms with E-state index in [1.165, 1.54) is 16.3 Å². The van der Waals surface area contributed by atoms with Gasteiger partial charge in [-0.25, -0.2) is 19.9 Å². The summed E-state index contributed by atoms with van der Waals surface area (Å²) in [6.07, 6.45) is 3.29. The summed E-state index contributed by atoms with van der Waals surface area (Å²) in [7, 11) is 0. The fourth-order valence-electron chi connectivity index (χ4n) is 3.22. The van der Waals surface area contributed by atoms with Crippen LogP contribution in [0.25, 0.3) is 33.3 Å². The zero-order chi connectivity index (χ0) is 17.6. The standard InChI is InChI=1S/C21H20N4/c1-13-18(25-20-19(24-13)22-9-10-23-20)15-11-14-7-5-6-8-16(14)17(12-15)21(2,3)4/h5-12H,1-4H3. The number of benzene rings is 2. The molecule has 4 aromatic rings. The van der Waals surface area contributed by atoms with Gasteiger partial charge in [-0.3, -0.25) is 0 Å². The lowest BCUT2D eigenvalue weighted by atomic mass is 9.82. The van der Waals surface area contributed by atoms with Crippen molar-refractivity contribution in [3.63, 3.8) is 0 Å². The average Bonchev–Trinajstić information content (AvgIpc) is 2.59. The summed E-state index contributed by atoms with van der Waals surface area (Å²) in [4.78, 5) is 17.9. The van der Waals surface area contributed by atoms with Gasteiger partial charge in [0.05, 0.1) is 11.4 Å². The Balaban J connectivity index is 2.03. The summed E-state index contributed by atoms with van der Waals surface area (Å²) < 4.78 is 0. The zero-order valence-electron chi connectivity index (χ0n) is 14.9. The molecule has 0 radical (unpaired) electrons. The molecule has 0 fully saturated rings. The van der Waals surface area contributed by atoms with Gasteiger partial charge in [-0.05, 0) is 40.8 Å². The van der Waals surface area contributed by atoms with Crippen molar-refractivity contribution in [1.29, 1.82) is 0 Å². The third-order valence-corrected chi connectivity index (χ3v) is 4.44. The molecule has 2 heterocycles. The predicted molar refractivity (Wildman–Crippen MR) is 102 cm³/mol. The highest BCUT2D eigenvalue weighted by molar-refractivity contribution is 5.91. The van der Waals surface area contributed by atoms with E-state index in [-0.39, 0.29) is 5.41 Å². The number of hydrogen-bond acceptors (Lipinski definition) is 4. The molecule has 0 aliphatic rings. The quantitative estimate of drug-likeness (QED) is 0.501. The van der Waals surface area contributed by atoms with E-state index >= 15 is 0 Å². The van der Waals surface area contributed by atoms with Gasteiger partial charge in [-0.15, -0.1) is 0 Å². The average molecular weight is 328 g/mol. The maximum Gasteiger partial charge on any atom is 0.198 e. The Labute approximate surface area is 147 Å². The molecule has 4 rings (SSSR count). The number of rotatable bonds is 1. The van der Waals surface area contributed by atoms with E-state index in [2.05, 4.69) is 72.1 Å². The molecule has 4 nitrogen and oxygen atoms in total. The largest absolute Gasteiger partial charge is 0.232 e. The number of aryl methyl sites for hydroxylation is 1. The molecular weight excluding hydrogens is 308 g/mol. The molecule has 0 unspecified atom stereocenters. The molecule has 0 saturated carbocycles. The SMILES string of the molecule is Cc1nc2nccnc2nc1-c1cc(C(C)(C)C)c2ccccc2c1. The Morgan fingerprint density at radius 2 is 1.52 bits per heavy atom. The highest BCUT2D eigenvalue weighted by atomic mass is 15.0. The van der Waals surface area contributed by atoms with Crippen LogP contribution in [0.4, 0.5) is 0 Å². The predicted octanol–water partition coefficient (Wildman–Crippen LogP) is 4.85. The first-order chi connectivity index (χ1) is 11.9. The second-order valence-electron chi connectivity index (χ2n) is 7.36. The third-order valence-electron chi connectivity index (χ3n) is 4.44. The van der Waals surface area contributed by atoms with Crippen LogP contribution in [0.2, 0.25) is 0 Å². The van der Waals surface area contributed by atoms with Crippen LogP contribution < -0.4 is 0 Å². The van der Waals surface area contributed by atoms with Crippen LogP contribution in [0.5, 0.6) is 0 Å². The van der Waals surface area contributed by atoms with Crippen molar-refractivity contribution in [2.75, 3.05) is 0 Å². The van der Waals surface area contributed by atoms with Gasteiger partial charge in [0.25, 0.3) is 0 Å². The summed E-state index contributed by atoms with van der Waals surface area (Å²) in [5, 5.41) is 2.50. The van der Waals surface area contributed by atoms with E-state index in [1.807, 2.05) is 6.92 Å². The zero-order valence-corrected chi connectivity index (χ0v) is 14.9. The number of nitrogens with zero attached hydrogens (tertiary/aromatic N) is 4. The van der Waals surface area contributed by atoms with E-state index < -0.39 is 0 Å². The van der Waals surface area contributed by atoms with Crippen molar-refractivity contribution in [2.24, 2.45) is 0 Å². The second kappa shape index (κ2) is 5.59. The summed E-state index contributed by atoms with van der Waals surface area (Å²) >= 11 is 0. The molecule has 0 aliphatic carbocycles. The summed E-state index contributed by atoms with van der Waals surface area (Å²) in [5.74, 6) is 0. The van der Waals surface area contributed by atoms with Crippen LogP contribution in [-0.2, 0) is 5.41 Å². The molecule has 2 aromatic heterocycles. The van der Waals surface area contributed by atoms with Crippen molar-refractivity contribution < 1.29 is 0 Å².